The summed E-state index contributed by atoms with van der Waals surface area (Å²) in [7, 11) is -1.94. The van der Waals surface area contributed by atoms with Crippen molar-refractivity contribution in [1.82, 2.24) is 8.87 Å². The molecule has 3 aromatic rings. The Labute approximate surface area is 198 Å². The molecule has 0 bridgehead atoms. The molecule has 33 heavy (non-hydrogen) atoms. The number of hydrogen-bond acceptors (Lipinski definition) is 5. The van der Waals surface area contributed by atoms with Gasteiger partial charge in [-0.15, -0.1) is 0 Å². The first kappa shape index (κ1) is 23.8. The quantitative estimate of drug-likeness (QED) is 0.452. The number of amides is 1. The summed E-state index contributed by atoms with van der Waals surface area (Å²) in [5, 5.41) is 0. The van der Waals surface area contributed by atoms with E-state index in [4.69, 9.17) is 4.74 Å². The van der Waals surface area contributed by atoms with E-state index in [0.29, 0.717) is 30.1 Å². The number of carbonyl (C=O) groups is 1. The molecule has 176 valence electrons. The summed E-state index contributed by atoms with van der Waals surface area (Å²) in [4.78, 5) is 18.1. The van der Waals surface area contributed by atoms with Crippen LogP contribution in [0.4, 0.5) is 0 Å². The predicted molar refractivity (Wildman–Crippen MR) is 130 cm³/mol. The van der Waals surface area contributed by atoms with Crippen LogP contribution in [0.3, 0.4) is 0 Å². The largest absolute Gasteiger partial charge is 0.380 e. The molecule has 0 aliphatic heterocycles. The van der Waals surface area contributed by atoms with Gasteiger partial charge in [-0.3, -0.25) is 4.79 Å². The van der Waals surface area contributed by atoms with Crippen molar-refractivity contribution in [3.63, 3.8) is 0 Å². The molecule has 2 aromatic carbocycles. The van der Waals surface area contributed by atoms with Crippen LogP contribution < -0.4 is 4.80 Å². The lowest BCUT2D eigenvalue weighted by molar-refractivity contribution is 0.0996. The SMILES string of the molecule is CCOCCn1c(=NC(=O)c2ccc(S(=O)(=O)N(C)C3CC3)cc2)sc2cc(C)c(C)cc21. The summed E-state index contributed by atoms with van der Waals surface area (Å²) < 4.78 is 35.5. The lowest BCUT2D eigenvalue weighted by atomic mass is 10.1. The summed E-state index contributed by atoms with van der Waals surface area (Å²) >= 11 is 1.47. The fourth-order valence-corrected chi connectivity index (χ4v) is 6.19. The van der Waals surface area contributed by atoms with Crippen molar-refractivity contribution in [2.45, 2.75) is 51.1 Å². The molecule has 0 spiro atoms. The second kappa shape index (κ2) is 9.50. The Kier molecular flexibility index (Phi) is 6.86. The number of carbonyl (C=O) groups excluding carboxylic acids is 1. The summed E-state index contributed by atoms with van der Waals surface area (Å²) in [6.07, 6.45) is 1.78. The number of sulfonamides is 1. The number of fused-ring (bicyclic) bond motifs is 1. The summed E-state index contributed by atoms with van der Waals surface area (Å²) in [6, 6.07) is 10.4. The molecule has 9 heteroatoms. The molecule has 7 nitrogen and oxygen atoms in total. The topological polar surface area (TPSA) is 81.0 Å². The Morgan fingerprint density at radius 2 is 1.85 bits per heavy atom. The van der Waals surface area contributed by atoms with Crippen molar-refractivity contribution in [3.05, 3.63) is 57.9 Å². The van der Waals surface area contributed by atoms with Gasteiger partial charge in [0.1, 0.15) is 0 Å². The summed E-state index contributed by atoms with van der Waals surface area (Å²) in [5.41, 5.74) is 3.74. The Bertz CT molecular complexity index is 1350. The first-order chi connectivity index (χ1) is 15.7. The Morgan fingerprint density at radius 1 is 1.18 bits per heavy atom. The maximum Gasteiger partial charge on any atom is 0.279 e. The van der Waals surface area contributed by atoms with E-state index in [-0.39, 0.29) is 10.9 Å². The monoisotopic (exact) mass is 487 g/mol. The number of benzene rings is 2. The van der Waals surface area contributed by atoms with Crippen LogP contribution >= 0.6 is 11.3 Å². The third-order valence-corrected chi connectivity index (χ3v) is 8.96. The number of thiazole rings is 1. The van der Waals surface area contributed by atoms with Gasteiger partial charge in [-0.25, -0.2) is 8.42 Å². The van der Waals surface area contributed by atoms with Gasteiger partial charge in [0.05, 0.1) is 21.7 Å². The third-order valence-electron chi connectivity index (χ3n) is 6.00. The number of rotatable bonds is 8. The molecule has 1 aromatic heterocycles. The maximum absolute atomic E-state index is 13.0. The Morgan fingerprint density at radius 3 is 2.48 bits per heavy atom. The molecular formula is C24H29N3O4S2. The molecular weight excluding hydrogens is 458 g/mol. The Hall–Kier alpha value is -2.33. The molecule has 0 saturated heterocycles. The van der Waals surface area contributed by atoms with Gasteiger partial charge in [-0.2, -0.15) is 9.30 Å². The van der Waals surface area contributed by atoms with Crippen molar-refractivity contribution < 1.29 is 17.9 Å². The van der Waals surface area contributed by atoms with Gasteiger partial charge in [0.15, 0.2) is 4.80 Å². The van der Waals surface area contributed by atoms with Crippen LogP contribution in [0.25, 0.3) is 10.2 Å². The van der Waals surface area contributed by atoms with E-state index in [1.165, 1.54) is 51.0 Å². The van der Waals surface area contributed by atoms with E-state index in [2.05, 4.69) is 31.0 Å². The van der Waals surface area contributed by atoms with Crippen molar-refractivity contribution in [3.8, 4) is 0 Å². The van der Waals surface area contributed by atoms with Gasteiger partial charge in [0.25, 0.3) is 5.91 Å². The minimum atomic E-state index is -3.55. The molecule has 0 atom stereocenters. The highest BCUT2D eigenvalue weighted by molar-refractivity contribution is 7.89. The van der Waals surface area contributed by atoms with Crippen molar-refractivity contribution in [2.24, 2.45) is 4.99 Å². The smallest absolute Gasteiger partial charge is 0.279 e. The number of aryl methyl sites for hydroxylation is 2. The predicted octanol–water partition coefficient (Wildman–Crippen LogP) is 3.88. The number of hydrogen-bond donors (Lipinski definition) is 0. The van der Waals surface area contributed by atoms with Crippen LogP contribution in [0.15, 0.2) is 46.3 Å². The molecule has 4 rings (SSSR count). The van der Waals surface area contributed by atoms with E-state index in [1.54, 1.807) is 7.05 Å². The summed E-state index contributed by atoms with van der Waals surface area (Å²) in [5.74, 6) is -0.403. The van der Waals surface area contributed by atoms with Crippen LogP contribution in [0, 0.1) is 13.8 Å². The average Bonchev–Trinajstić information content (AvgIpc) is 3.59. The minimum Gasteiger partial charge on any atom is -0.380 e. The van der Waals surface area contributed by atoms with Crippen molar-refractivity contribution in [1.29, 1.82) is 0 Å². The number of aromatic nitrogens is 1. The lowest BCUT2D eigenvalue weighted by Gasteiger charge is -2.16. The fourth-order valence-electron chi connectivity index (χ4n) is 3.64. The molecule has 1 aliphatic carbocycles. The van der Waals surface area contributed by atoms with Crippen LogP contribution in [0.2, 0.25) is 0 Å². The highest BCUT2D eigenvalue weighted by Crippen LogP contribution is 2.30. The lowest BCUT2D eigenvalue weighted by Crippen LogP contribution is -2.28. The molecule has 0 unspecified atom stereocenters. The van der Waals surface area contributed by atoms with Gasteiger partial charge in [0.2, 0.25) is 10.0 Å². The van der Waals surface area contributed by atoms with E-state index in [1.807, 2.05) is 11.5 Å². The molecule has 1 amide bonds. The van der Waals surface area contributed by atoms with Gasteiger partial charge in [-0.1, -0.05) is 11.3 Å². The first-order valence-electron chi connectivity index (χ1n) is 11.1. The van der Waals surface area contributed by atoms with Gasteiger partial charge in [0, 0.05) is 31.8 Å². The van der Waals surface area contributed by atoms with E-state index in [0.717, 1.165) is 23.1 Å². The summed E-state index contributed by atoms with van der Waals surface area (Å²) in [6.45, 7) is 7.82. The van der Waals surface area contributed by atoms with E-state index < -0.39 is 15.9 Å². The molecule has 1 heterocycles. The van der Waals surface area contributed by atoms with E-state index in [9.17, 15) is 13.2 Å². The third kappa shape index (κ3) is 4.96. The van der Waals surface area contributed by atoms with Crippen molar-refractivity contribution in [2.75, 3.05) is 20.3 Å². The number of nitrogens with zero attached hydrogens (tertiary/aromatic N) is 3. The molecule has 1 fully saturated rings. The maximum atomic E-state index is 13.0. The molecule has 1 saturated carbocycles. The zero-order chi connectivity index (χ0) is 23.8. The fraction of sp³-hybridized carbons (Fsp3) is 0.417. The molecule has 0 radical (unpaired) electrons. The highest BCUT2D eigenvalue weighted by atomic mass is 32.2. The van der Waals surface area contributed by atoms with Crippen LogP contribution in [0.5, 0.6) is 0 Å². The normalized spacial score (nSPS) is 15.0. The second-order valence-electron chi connectivity index (χ2n) is 8.33. The molecule has 0 N–H and O–H groups in total. The first-order valence-corrected chi connectivity index (χ1v) is 13.3. The Balaban J connectivity index is 1.67. The number of ether oxygens (including phenoxy) is 1. The zero-order valence-corrected chi connectivity index (χ0v) is 21.0. The molecule has 1 aliphatic rings. The van der Waals surface area contributed by atoms with Gasteiger partial charge in [-0.05, 0) is 81.1 Å². The second-order valence-corrected chi connectivity index (χ2v) is 11.3. The average molecular weight is 488 g/mol. The van der Waals surface area contributed by atoms with Crippen LogP contribution in [-0.2, 0) is 21.3 Å². The van der Waals surface area contributed by atoms with Crippen LogP contribution in [0.1, 0.15) is 41.3 Å². The standard InChI is InChI=1S/C24H29N3O4S2/c1-5-31-13-12-27-21-14-16(2)17(3)15-22(21)32-24(27)25-23(28)18-6-10-20(11-7-18)33(29,30)26(4)19-8-9-19/h6-7,10-11,14-15,19H,5,8-9,12-13H2,1-4H3. The van der Waals surface area contributed by atoms with Gasteiger partial charge >= 0.3 is 0 Å². The minimum absolute atomic E-state index is 0.0821. The highest BCUT2D eigenvalue weighted by Gasteiger charge is 2.35. The van der Waals surface area contributed by atoms with Crippen molar-refractivity contribution >= 4 is 37.5 Å². The van der Waals surface area contributed by atoms with Crippen LogP contribution in [-0.4, -0.2) is 49.5 Å². The zero-order valence-electron chi connectivity index (χ0n) is 19.4. The van der Waals surface area contributed by atoms with E-state index >= 15 is 0 Å². The van der Waals surface area contributed by atoms with Gasteiger partial charge < -0.3 is 9.30 Å².